The fourth-order valence-electron chi connectivity index (χ4n) is 3.54. The number of rotatable bonds is 7. The molecule has 1 aliphatic rings. The molecule has 7 heteroatoms. The maximum Gasteiger partial charge on any atom is 0.243 e. The minimum atomic E-state index is -0.290. The van der Waals surface area contributed by atoms with Crippen molar-refractivity contribution in [3.63, 3.8) is 0 Å². The Bertz CT molecular complexity index is 858. The van der Waals surface area contributed by atoms with Crippen molar-refractivity contribution in [1.82, 2.24) is 15.5 Å². The Balaban J connectivity index is 1.53. The molecule has 1 saturated heterocycles. The van der Waals surface area contributed by atoms with E-state index in [0.29, 0.717) is 13.1 Å². The van der Waals surface area contributed by atoms with Crippen LogP contribution in [-0.4, -0.2) is 49.4 Å². The highest BCUT2D eigenvalue weighted by atomic mass is 19.1. The zero-order valence-corrected chi connectivity index (χ0v) is 16.6. The third-order valence-corrected chi connectivity index (χ3v) is 5.05. The van der Waals surface area contributed by atoms with Gasteiger partial charge in [0.25, 0.3) is 0 Å². The normalized spacial score (nSPS) is 17.0. The van der Waals surface area contributed by atoms with E-state index in [2.05, 4.69) is 16.0 Å². The molecule has 0 spiro atoms. The van der Waals surface area contributed by atoms with Gasteiger partial charge >= 0.3 is 0 Å². The van der Waals surface area contributed by atoms with E-state index in [0.717, 1.165) is 29.8 Å². The van der Waals surface area contributed by atoms with Gasteiger partial charge in [-0.05, 0) is 35.7 Å². The van der Waals surface area contributed by atoms with Gasteiger partial charge in [0.05, 0.1) is 13.1 Å². The van der Waals surface area contributed by atoms with Gasteiger partial charge in [-0.3, -0.25) is 14.5 Å². The van der Waals surface area contributed by atoms with Crippen LogP contribution in [0.4, 0.5) is 10.1 Å². The van der Waals surface area contributed by atoms with E-state index in [-0.39, 0.29) is 36.8 Å². The number of carbonyl (C=O) groups excluding carboxylic acids is 2. The van der Waals surface area contributed by atoms with Crippen LogP contribution >= 0.6 is 0 Å². The Labute approximate surface area is 170 Å². The third kappa shape index (κ3) is 5.85. The van der Waals surface area contributed by atoms with Crippen LogP contribution in [0.3, 0.4) is 0 Å². The van der Waals surface area contributed by atoms with Gasteiger partial charge in [0, 0.05) is 31.4 Å². The molecule has 3 N–H and O–H groups in total. The van der Waals surface area contributed by atoms with E-state index in [1.165, 1.54) is 12.1 Å². The lowest BCUT2D eigenvalue weighted by Crippen LogP contribution is -2.50. The van der Waals surface area contributed by atoms with Crippen molar-refractivity contribution in [2.24, 2.45) is 0 Å². The molecule has 2 aromatic carbocycles. The highest BCUT2D eigenvalue weighted by Crippen LogP contribution is 2.22. The molecule has 0 saturated carbocycles. The number of aryl methyl sites for hydroxylation is 1. The molecule has 29 heavy (non-hydrogen) atoms. The smallest absolute Gasteiger partial charge is 0.243 e. The van der Waals surface area contributed by atoms with E-state index in [4.69, 9.17) is 0 Å². The first-order valence-corrected chi connectivity index (χ1v) is 9.91. The van der Waals surface area contributed by atoms with Crippen molar-refractivity contribution in [2.45, 2.75) is 19.4 Å². The maximum atomic E-state index is 13.6. The molecule has 0 radical (unpaired) electrons. The summed E-state index contributed by atoms with van der Waals surface area (Å²) in [5.41, 5.74) is 2.65. The molecule has 1 unspecified atom stereocenters. The molecule has 2 amide bonds. The Hall–Kier alpha value is -2.77. The minimum Gasteiger partial charge on any atom is -0.346 e. The van der Waals surface area contributed by atoms with Crippen LogP contribution in [0.2, 0.25) is 0 Å². The van der Waals surface area contributed by atoms with Crippen molar-refractivity contribution in [2.75, 3.05) is 38.0 Å². The predicted molar refractivity (Wildman–Crippen MR) is 111 cm³/mol. The summed E-state index contributed by atoms with van der Waals surface area (Å²) in [6.07, 6.45) is 0.813. The number of piperazine rings is 1. The molecule has 154 valence electrons. The minimum absolute atomic E-state index is 0.0875. The van der Waals surface area contributed by atoms with Gasteiger partial charge in [0.2, 0.25) is 11.8 Å². The zero-order chi connectivity index (χ0) is 20.6. The van der Waals surface area contributed by atoms with Gasteiger partial charge < -0.3 is 16.0 Å². The maximum absolute atomic E-state index is 13.6. The van der Waals surface area contributed by atoms with E-state index in [9.17, 15) is 14.0 Å². The monoisotopic (exact) mass is 398 g/mol. The number of hydrogen-bond acceptors (Lipinski definition) is 4. The van der Waals surface area contributed by atoms with Crippen LogP contribution in [-0.2, 0) is 16.0 Å². The molecule has 0 aromatic heterocycles. The summed E-state index contributed by atoms with van der Waals surface area (Å²) in [5.74, 6) is -0.782. The molecule has 1 aliphatic heterocycles. The zero-order valence-electron chi connectivity index (χ0n) is 16.6. The topological polar surface area (TPSA) is 73.5 Å². The van der Waals surface area contributed by atoms with Crippen LogP contribution in [0.15, 0.2) is 48.5 Å². The lowest BCUT2D eigenvalue weighted by molar-refractivity contribution is -0.125. The molecule has 2 aromatic rings. The molecular weight excluding hydrogens is 371 g/mol. The van der Waals surface area contributed by atoms with Crippen LogP contribution in [0.5, 0.6) is 0 Å². The summed E-state index contributed by atoms with van der Waals surface area (Å²) >= 11 is 0. The molecule has 0 aliphatic carbocycles. The molecule has 3 rings (SSSR count). The first-order chi connectivity index (χ1) is 14.1. The predicted octanol–water partition coefficient (Wildman–Crippen LogP) is 2.09. The SMILES string of the molecule is CCc1ccccc1NC(=O)CNC(=O)CN1CCNCC1c1cccc(F)c1. The van der Waals surface area contributed by atoms with Gasteiger partial charge in [-0.15, -0.1) is 0 Å². The van der Waals surface area contributed by atoms with E-state index in [1.54, 1.807) is 6.07 Å². The second-order valence-corrected chi connectivity index (χ2v) is 7.08. The molecule has 1 fully saturated rings. The molecular formula is C22H27FN4O2. The first-order valence-electron chi connectivity index (χ1n) is 9.91. The number of nitrogens with zero attached hydrogens (tertiary/aromatic N) is 1. The lowest BCUT2D eigenvalue weighted by Gasteiger charge is -2.36. The molecule has 1 atom stereocenters. The van der Waals surface area contributed by atoms with Gasteiger partial charge in [-0.25, -0.2) is 4.39 Å². The number of halogens is 1. The summed E-state index contributed by atoms with van der Waals surface area (Å²) in [5, 5.41) is 8.81. The highest BCUT2D eigenvalue weighted by molar-refractivity contribution is 5.95. The fraction of sp³-hybridized carbons (Fsp3) is 0.364. The second-order valence-electron chi connectivity index (χ2n) is 7.08. The number of carbonyl (C=O) groups is 2. The van der Waals surface area contributed by atoms with E-state index >= 15 is 0 Å². The van der Waals surface area contributed by atoms with E-state index < -0.39 is 0 Å². The lowest BCUT2D eigenvalue weighted by atomic mass is 10.0. The highest BCUT2D eigenvalue weighted by Gasteiger charge is 2.25. The standard InChI is InChI=1S/C22H27FN4O2/c1-2-16-6-3-4-9-19(16)26-21(28)14-25-22(29)15-27-11-10-24-13-20(27)17-7-5-8-18(23)12-17/h3-9,12,20,24H,2,10-11,13-15H2,1H3,(H,25,29)(H,26,28). The van der Waals surface area contributed by atoms with Crippen LogP contribution in [0.25, 0.3) is 0 Å². The molecule has 6 nitrogen and oxygen atoms in total. The Morgan fingerprint density at radius 1 is 1.17 bits per heavy atom. The second kappa shape index (κ2) is 10.1. The number of anilines is 1. The summed E-state index contributed by atoms with van der Waals surface area (Å²) < 4.78 is 13.6. The van der Waals surface area contributed by atoms with Crippen LogP contribution in [0.1, 0.15) is 24.1 Å². The van der Waals surface area contributed by atoms with Crippen molar-refractivity contribution in [3.05, 3.63) is 65.5 Å². The fourth-order valence-corrected chi connectivity index (χ4v) is 3.54. The van der Waals surface area contributed by atoms with Crippen molar-refractivity contribution in [1.29, 1.82) is 0 Å². The van der Waals surface area contributed by atoms with Crippen LogP contribution in [0, 0.1) is 5.82 Å². The summed E-state index contributed by atoms with van der Waals surface area (Å²) in [7, 11) is 0. The first kappa shape index (κ1) is 21.0. The average Bonchev–Trinajstić information content (AvgIpc) is 2.73. The van der Waals surface area contributed by atoms with Gasteiger partial charge in [-0.2, -0.15) is 0 Å². The van der Waals surface area contributed by atoms with E-state index in [1.807, 2.05) is 42.2 Å². The summed E-state index contributed by atoms with van der Waals surface area (Å²) in [4.78, 5) is 26.6. The number of benzene rings is 2. The molecule has 1 heterocycles. The van der Waals surface area contributed by atoms with Gasteiger partial charge in [0.15, 0.2) is 0 Å². The Morgan fingerprint density at radius 3 is 2.79 bits per heavy atom. The summed E-state index contributed by atoms with van der Waals surface area (Å²) in [6, 6.07) is 14.0. The van der Waals surface area contributed by atoms with Crippen molar-refractivity contribution in [3.8, 4) is 0 Å². The molecule has 0 bridgehead atoms. The van der Waals surface area contributed by atoms with Gasteiger partial charge in [0.1, 0.15) is 5.82 Å². The third-order valence-electron chi connectivity index (χ3n) is 5.05. The quantitative estimate of drug-likeness (QED) is 0.668. The summed E-state index contributed by atoms with van der Waals surface area (Å²) in [6.45, 7) is 4.16. The number of para-hydroxylation sites is 1. The van der Waals surface area contributed by atoms with Crippen molar-refractivity contribution < 1.29 is 14.0 Å². The number of hydrogen-bond donors (Lipinski definition) is 3. The van der Waals surface area contributed by atoms with Crippen LogP contribution < -0.4 is 16.0 Å². The largest absolute Gasteiger partial charge is 0.346 e. The van der Waals surface area contributed by atoms with Gasteiger partial charge in [-0.1, -0.05) is 37.3 Å². The Morgan fingerprint density at radius 2 is 2.00 bits per heavy atom. The number of amides is 2. The Kier molecular flexibility index (Phi) is 7.32. The van der Waals surface area contributed by atoms with Crippen molar-refractivity contribution >= 4 is 17.5 Å². The average molecular weight is 398 g/mol. The number of nitrogens with one attached hydrogen (secondary N) is 3.